The molecule has 0 unspecified atom stereocenters. The number of amides is 1. The van der Waals surface area contributed by atoms with Crippen molar-refractivity contribution in [1.82, 2.24) is 20.0 Å². The molecule has 3 N–H and O–H groups in total. The molecule has 206 valence electrons. The Hall–Kier alpha value is -3.09. The molecule has 3 aromatic carbocycles. The molecular formula is C29H28N4O3S4. The van der Waals surface area contributed by atoms with Gasteiger partial charge in [0.25, 0.3) is 5.91 Å². The van der Waals surface area contributed by atoms with Gasteiger partial charge in [0.15, 0.2) is 5.16 Å². The number of nitrogens with zero attached hydrogens (tertiary/aromatic N) is 1. The molecule has 1 amide bonds. The summed E-state index contributed by atoms with van der Waals surface area (Å²) in [5.74, 6) is 1.20. The number of fused-ring (bicyclic) bond motifs is 1. The lowest BCUT2D eigenvalue weighted by Crippen LogP contribution is -2.25. The quantitative estimate of drug-likeness (QED) is 0.115. The van der Waals surface area contributed by atoms with Gasteiger partial charge in [0, 0.05) is 33.4 Å². The molecule has 5 aromatic rings. The summed E-state index contributed by atoms with van der Waals surface area (Å²) in [5.41, 5.74) is 4.97. The van der Waals surface area contributed by atoms with E-state index in [0.29, 0.717) is 17.9 Å². The second-order valence-electron chi connectivity index (χ2n) is 8.90. The van der Waals surface area contributed by atoms with Crippen LogP contribution >= 0.6 is 34.9 Å². The Balaban J connectivity index is 1.10. The number of para-hydroxylation sites is 2. The fraction of sp³-hybridized carbons (Fsp3) is 0.172. The van der Waals surface area contributed by atoms with E-state index in [9.17, 15) is 13.2 Å². The van der Waals surface area contributed by atoms with Crippen LogP contribution in [0.3, 0.4) is 0 Å². The van der Waals surface area contributed by atoms with Crippen LogP contribution in [0.5, 0.6) is 0 Å². The maximum Gasteiger partial charge on any atom is 0.251 e. The van der Waals surface area contributed by atoms with E-state index in [1.54, 1.807) is 59.9 Å². The van der Waals surface area contributed by atoms with Gasteiger partial charge in [-0.1, -0.05) is 54.2 Å². The minimum atomic E-state index is -3.62. The molecule has 0 atom stereocenters. The smallest absolute Gasteiger partial charge is 0.251 e. The van der Waals surface area contributed by atoms with Crippen molar-refractivity contribution in [3.05, 3.63) is 106 Å². The van der Waals surface area contributed by atoms with Crippen molar-refractivity contribution in [1.29, 1.82) is 0 Å². The fourth-order valence-corrected chi connectivity index (χ4v) is 8.38. The van der Waals surface area contributed by atoms with Gasteiger partial charge < -0.3 is 10.3 Å². The zero-order chi connectivity index (χ0) is 28.0. The Bertz CT molecular complexity index is 1680. The van der Waals surface area contributed by atoms with E-state index in [2.05, 4.69) is 39.1 Å². The average molecular weight is 609 g/mol. The number of thioether (sulfide) groups is 2. The van der Waals surface area contributed by atoms with Gasteiger partial charge in [-0.25, -0.2) is 18.1 Å². The van der Waals surface area contributed by atoms with Crippen molar-refractivity contribution in [3.63, 3.8) is 0 Å². The molecule has 11 heteroatoms. The molecule has 2 aromatic heterocycles. The number of benzene rings is 3. The molecule has 0 radical (unpaired) electrons. The highest BCUT2D eigenvalue weighted by molar-refractivity contribution is 7.99. The number of hydrogen-bond acceptors (Lipinski definition) is 7. The summed E-state index contributed by atoms with van der Waals surface area (Å²) >= 11 is 4.46. The summed E-state index contributed by atoms with van der Waals surface area (Å²) in [7, 11) is -3.62. The molecule has 0 saturated carbocycles. The maximum atomic E-state index is 12.8. The van der Waals surface area contributed by atoms with Crippen molar-refractivity contribution in [2.75, 3.05) is 12.3 Å². The van der Waals surface area contributed by atoms with E-state index in [4.69, 9.17) is 0 Å². The van der Waals surface area contributed by atoms with Crippen LogP contribution in [0, 0.1) is 6.92 Å². The molecule has 5 rings (SSSR count). The number of aromatic amines is 1. The second-order valence-corrected chi connectivity index (χ2v) is 14.2. The third-order valence-electron chi connectivity index (χ3n) is 6.14. The molecule has 0 bridgehead atoms. The van der Waals surface area contributed by atoms with Gasteiger partial charge in [-0.2, -0.15) is 0 Å². The predicted octanol–water partition coefficient (Wildman–Crippen LogP) is 6.23. The standard InChI is InChI=1S/C29H28N4O3S4/c1-20-22(19-38-29-32-24-11-5-6-12-25(24)33-29)10-7-13-26(20)37-17-16-31-40(35,36)27-15-14-23(39-27)18-30-28(34)21-8-3-2-4-9-21/h2-15,31H,16-19H2,1H3,(H,30,34)(H,32,33). The summed E-state index contributed by atoms with van der Waals surface area (Å²) in [5, 5.41) is 3.72. The molecule has 0 aliphatic rings. The predicted molar refractivity (Wildman–Crippen MR) is 165 cm³/mol. The fourth-order valence-electron chi connectivity index (χ4n) is 3.98. The number of hydrogen-bond donors (Lipinski definition) is 3. The normalized spacial score (nSPS) is 11.6. The first-order valence-electron chi connectivity index (χ1n) is 12.6. The monoisotopic (exact) mass is 608 g/mol. The third kappa shape index (κ3) is 7.15. The van der Waals surface area contributed by atoms with Gasteiger partial charge in [-0.3, -0.25) is 4.79 Å². The molecule has 0 saturated heterocycles. The number of H-pyrrole nitrogens is 1. The number of imidazole rings is 1. The number of rotatable bonds is 12. The summed E-state index contributed by atoms with van der Waals surface area (Å²) in [6, 6.07) is 26.5. The van der Waals surface area contributed by atoms with E-state index in [-0.39, 0.29) is 16.7 Å². The Morgan fingerprint density at radius 3 is 2.58 bits per heavy atom. The van der Waals surface area contributed by atoms with Crippen LogP contribution in [0.4, 0.5) is 0 Å². The topological polar surface area (TPSA) is 104 Å². The number of sulfonamides is 1. The van der Waals surface area contributed by atoms with Gasteiger partial charge in [0.05, 0.1) is 17.6 Å². The van der Waals surface area contributed by atoms with Crippen molar-refractivity contribution in [2.24, 2.45) is 0 Å². The number of carbonyl (C=O) groups excluding carboxylic acids is 1. The van der Waals surface area contributed by atoms with E-state index in [1.807, 2.05) is 36.4 Å². The molecule has 0 aliphatic carbocycles. The summed E-state index contributed by atoms with van der Waals surface area (Å²) in [6.07, 6.45) is 0. The van der Waals surface area contributed by atoms with E-state index >= 15 is 0 Å². The Labute approximate surface area is 246 Å². The van der Waals surface area contributed by atoms with Gasteiger partial charge in [-0.05, 0) is 60.5 Å². The molecule has 0 spiro atoms. The summed E-state index contributed by atoms with van der Waals surface area (Å²) in [4.78, 5) is 22.1. The summed E-state index contributed by atoms with van der Waals surface area (Å²) in [6.45, 7) is 2.68. The molecule has 0 fully saturated rings. The van der Waals surface area contributed by atoms with E-state index < -0.39 is 10.0 Å². The van der Waals surface area contributed by atoms with Crippen molar-refractivity contribution < 1.29 is 13.2 Å². The van der Waals surface area contributed by atoms with Crippen LogP contribution in [0.1, 0.15) is 26.4 Å². The number of thiophene rings is 1. The van der Waals surface area contributed by atoms with Crippen molar-refractivity contribution in [3.8, 4) is 0 Å². The third-order valence-corrected chi connectivity index (χ3v) is 11.3. The zero-order valence-electron chi connectivity index (χ0n) is 21.7. The first-order chi connectivity index (χ1) is 19.4. The Morgan fingerprint density at radius 2 is 1.75 bits per heavy atom. The summed E-state index contributed by atoms with van der Waals surface area (Å²) < 4.78 is 28.6. The SMILES string of the molecule is Cc1c(CSc2nc3ccccc3[nH]2)cccc1SCCNS(=O)(=O)c1ccc(CNC(=O)c2ccccc2)s1. The minimum absolute atomic E-state index is 0.193. The van der Waals surface area contributed by atoms with Crippen LogP contribution < -0.4 is 10.0 Å². The minimum Gasteiger partial charge on any atom is -0.347 e. The van der Waals surface area contributed by atoms with E-state index in [0.717, 1.165) is 43.1 Å². The van der Waals surface area contributed by atoms with Crippen LogP contribution in [-0.4, -0.2) is 36.6 Å². The van der Waals surface area contributed by atoms with Crippen LogP contribution in [0.15, 0.2) is 99.2 Å². The molecule has 2 heterocycles. The maximum absolute atomic E-state index is 12.8. The number of carbonyl (C=O) groups is 1. The average Bonchev–Trinajstić information content (AvgIpc) is 3.62. The Morgan fingerprint density at radius 1 is 0.950 bits per heavy atom. The van der Waals surface area contributed by atoms with Crippen LogP contribution in [0.2, 0.25) is 0 Å². The first kappa shape index (κ1) is 28.4. The molecule has 0 aliphatic heterocycles. The van der Waals surface area contributed by atoms with Crippen LogP contribution in [0.25, 0.3) is 11.0 Å². The van der Waals surface area contributed by atoms with Gasteiger partial charge in [-0.15, -0.1) is 23.1 Å². The van der Waals surface area contributed by atoms with Crippen molar-refractivity contribution >= 4 is 61.8 Å². The van der Waals surface area contributed by atoms with Crippen molar-refractivity contribution in [2.45, 2.75) is 33.5 Å². The zero-order valence-corrected chi connectivity index (χ0v) is 25.0. The molecule has 40 heavy (non-hydrogen) atoms. The highest BCUT2D eigenvalue weighted by atomic mass is 32.2. The van der Waals surface area contributed by atoms with Gasteiger partial charge in [0.2, 0.25) is 10.0 Å². The van der Waals surface area contributed by atoms with E-state index in [1.165, 1.54) is 11.1 Å². The van der Waals surface area contributed by atoms with Crippen LogP contribution in [-0.2, 0) is 22.3 Å². The first-order valence-corrected chi connectivity index (χ1v) is 16.9. The lowest BCUT2D eigenvalue weighted by atomic mass is 10.1. The lowest BCUT2D eigenvalue weighted by molar-refractivity contribution is 0.0951. The highest BCUT2D eigenvalue weighted by Crippen LogP contribution is 2.29. The largest absolute Gasteiger partial charge is 0.347 e. The highest BCUT2D eigenvalue weighted by Gasteiger charge is 2.17. The molecule has 7 nitrogen and oxygen atoms in total. The number of aromatic nitrogens is 2. The Kier molecular flexibility index (Phi) is 9.28. The number of nitrogens with one attached hydrogen (secondary N) is 3. The molecular weight excluding hydrogens is 581 g/mol. The lowest BCUT2D eigenvalue weighted by Gasteiger charge is -2.11. The van der Waals surface area contributed by atoms with Gasteiger partial charge >= 0.3 is 0 Å². The second kappa shape index (κ2) is 13.0. The van der Waals surface area contributed by atoms with Gasteiger partial charge in [0.1, 0.15) is 4.21 Å².